The van der Waals surface area contributed by atoms with E-state index in [9.17, 15) is 4.79 Å². The number of rotatable bonds is 4. The van der Waals surface area contributed by atoms with E-state index in [0.29, 0.717) is 30.4 Å². The Morgan fingerprint density at radius 2 is 2.20 bits per heavy atom. The van der Waals surface area contributed by atoms with E-state index in [2.05, 4.69) is 10.4 Å². The summed E-state index contributed by atoms with van der Waals surface area (Å²) in [6, 6.07) is 3.50. The lowest BCUT2D eigenvalue weighted by Crippen LogP contribution is -2.39. The Labute approximate surface area is 119 Å². The van der Waals surface area contributed by atoms with Crippen molar-refractivity contribution in [3.63, 3.8) is 0 Å². The van der Waals surface area contributed by atoms with Gasteiger partial charge in [0.05, 0.1) is 0 Å². The number of likely N-dealkylation sites (tertiary alicyclic amines) is 1. The molecule has 110 valence electrons. The largest absolute Gasteiger partial charge is 0.396 e. The molecule has 1 aromatic rings. The van der Waals surface area contributed by atoms with E-state index in [1.807, 2.05) is 17.9 Å². The third kappa shape index (κ3) is 3.26. The number of anilines is 1. The van der Waals surface area contributed by atoms with Crippen LogP contribution in [0.4, 0.5) is 5.82 Å². The third-order valence-corrected chi connectivity index (χ3v) is 3.80. The number of nitrogens with one attached hydrogen (secondary N) is 1. The third-order valence-electron chi connectivity index (χ3n) is 3.80. The van der Waals surface area contributed by atoms with Crippen LogP contribution in [0.15, 0.2) is 12.1 Å². The summed E-state index contributed by atoms with van der Waals surface area (Å²) in [6.45, 7) is 3.58. The molecule has 20 heavy (non-hydrogen) atoms. The van der Waals surface area contributed by atoms with Gasteiger partial charge in [0, 0.05) is 31.0 Å². The van der Waals surface area contributed by atoms with Crippen LogP contribution in [0.2, 0.25) is 0 Å². The first-order chi connectivity index (χ1) is 9.67. The molecule has 2 heterocycles. The van der Waals surface area contributed by atoms with E-state index in [4.69, 9.17) is 10.9 Å². The topological polar surface area (TPSA) is 91.5 Å². The van der Waals surface area contributed by atoms with Gasteiger partial charge in [0.15, 0.2) is 0 Å². The smallest absolute Gasteiger partial charge is 0.254 e. The molecule has 0 aliphatic carbocycles. The van der Waals surface area contributed by atoms with Gasteiger partial charge in [-0.1, -0.05) is 6.92 Å². The lowest BCUT2D eigenvalue weighted by Gasteiger charge is -2.31. The van der Waals surface area contributed by atoms with Crippen LogP contribution in [0.1, 0.15) is 35.8 Å². The molecule has 1 aliphatic heterocycles. The van der Waals surface area contributed by atoms with Crippen molar-refractivity contribution in [2.45, 2.75) is 26.2 Å². The Morgan fingerprint density at radius 3 is 2.75 bits per heavy atom. The second kappa shape index (κ2) is 6.67. The number of aliphatic hydroxyl groups excluding tert-OH is 1. The number of aryl methyl sites for hydroxylation is 1. The van der Waals surface area contributed by atoms with Gasteiger partial charge in [0.25, 0.3) is 5.91 Å². The molecule has 1 fully saturated rings. The van der Waals surface area contributed by atoms with Gasteiger partial charge in [-0.25, -0.2) is 10.8 Å². The minimum atomic E-state index is 0.00925. The number of pyridine rings is 1. The predicted molar refractivity (Wildman–Crippen MR) is 77.1 cm³/mol. The number of hydrogen-bond donors (Lipinski definition) is 3. The maximum atomic E-state index is 12.5. The maximum absolute atomic E-state index is 12.5. The van der Waals surface area contributed by atoms with Crippen molar-refractivity contribution in [2.24, 2.45) is 11.8 Å². The van der Waals surface area contributed by atoms with E-state index in [1.165, 1.54) is 0 Å². The summed E-state index contributed by atoms with van der Waals surface area (Å²) < 4.78 is 0. The summed E-state index contributed by atoms with van der Waals surface area (Å²) in [5, 5.41) is 9.14. The first-order valence-corrected chi connectivity index (χ1v) is 7.05. The lowest BCUT2D eigenvalue weighted by atomic mass is 9.97. The van der Waals surface area contributed by atoms with Crippen molar-refractivity contribution >= 4 is 11.7 Å². The second-order valence-electron chi connectivity index (χ2n) is 5.15. The number of amides is 1. The van der Waals surface area contributed by atoms with E-state index < -0.39 is 0 Å². The highest BCUT2D eigenvalue weighted by Gasteiger charge is 2.23. The van der Waals surface area contributed by atoms with Gasteiger partial charge in [0.1, 0.15) is 5.82 Å². The molecule has 6 nitrogen and oxygen atoms in total. The van der Waals surface area contributed by atoms with Gasteiger partial charge in [-0.15, -0.1) is 0 Å². The SMILES string of the molecule is CCc1cc(C(=O)N2CCC(CO)CC2)cc(NN)n1. The predicted octanol–water partition coefficient (Wildman–Crippen LogP) is 0.774. The van der Waals surface area contributed by atoms with Crippen LogP contribution >= 0.6 is 0 Å². The van der Waals surface area contributed by atoms with Gasteiger partial charge in [0.2, 0.25) is 0 Å². The number of carbonyl (C=O) groups is 1. The maximum Gasteiger partial charge on any atom is 0.254 e. The molecule has 2 rings (SSSR count). The number of carbonyl (C=O) groups excluding carboxylic acids is 1. The zero-order valence-corrected chi connectivity index (χ0v) is 11.8. The monoisotopic (exact) mass is 278 g/mol. The van der Waals surface area contributed by atoms with Crippen LogP contribution in [0, 0.1) is 5.92 Å². The Morgan fingerprint density at radius 1 is 1.50 bits per heavy atom. The molecular formula is C14H22N4O2. The number of nitrogen functional groups attached to an aromatic ring is 1. The number of aromatic nitrogens is 1. The van der Waals surface area contributed by atoms with Crippen LogP contribution < -0.4 is 11.3 Å². The summed E-state index contributed by atoms with van der Waals surface area (Å²) in [4.78, 5) is 18.6. The summed E-state index contributed by atoms with van der Waals surface area (Å²) >= 11 is 0. The number of nitrogens with two attached hydrogens (primary N) is 1. The number of aliphatic hydroxyl groups is 1. The first kappa shape index (κ1) is 14.7. The van der Waals surface area contributed by atoms with Crippen LogP contribution in [0.3, 0.4) is 0 Å². The zero-order chi connectivity index (χ0) is 14.5. The molecule has 0 atom stereocenters. The highest BCUT2D eigenvalue weighted by Crippen LogP contribution is 2.20. The fraction of sp³-hybridized carbons (Fsp3) is 0.571. The normalized spacial score (nSPS) is 16.2. The van der Waals surface area contributed by atoms with Gasteiger partial charge < -0.3 is 15.4 Å². The van der Waals surface area contributed by atoms with E-state index in [1.54, 1.807) is 6.07 Å². The van der Waals surface area contributed by atoms with Gasteiger partial charge >= 0.3 is 0 Å². The van der Waals surface area contributed by atoms with E-state index in [-0.39, 0.29) is 12.5 Å². The van der Waals surface area contributed by atoms with Crippen molar-refractivity contribution in [3.05, 3.63) is 23.4 Å². The molecule has 0 radical (unpaired) electrons. The number of hydrogen-bond acceptors (Lipinski definition) is 5. The van der Waals surface area contributed by atoms with Crippen molar-refractivity contribution in [3.8, 4) is 0 Å². The minimum absolute atomic E-state index is 0.00925. The zero-order valence-electron chi connectivity index (χ0n) is 11.8. The molecule has 0 unspecified atom stereocenters. The molecule has 1 saturated heterocycles. The molecule has 1 amide bonds. The molecule has 0 bridgehead atoms. The van der Waals surface area contributed by atoms with Crippen LogP contribution in [-0.4, -0.2) is 40.6 Å². The molecular weight excluding hydrogens is 256 g/mol. The van der Waals surface area contributed by atoms with Crippen LogP contribution in [0.5, 0.6) is 0 Å². The van der Waals surface area contributed by atoms with E-state index in [0.717, 1.165) is 25.0 Å². The van der Waals surface area contributed by atoms with Crippen molar-refractivity contribution < 1.29 is 9.90 Å². The van der Waals surface area contributed by atoms with Gasteiger partial charge in [-0.3, -0.25) is 4.79 Å². The molecule has 0 saturated carbocycles. The highest BCUT2D eigenvalue weighted by atomic mass is 16.3. The second-order valence-corrected chi connectivity index (χ2v) is 5.15. The molecule has 1 aliphatic rings. The standard InChI is InChI=1S/C14H22N4O2/c1-2-12-7-11(8-13(16-12)17-15)14(20)18-5-3-10(9-19)4-6-18/h7-8,10,19H,2-6,9,15H2,1H3,(H,16,17). The van der Waals surface area contributed by atoms with Gasteiger partial charge in [-0.2, -0.15) is 0 Å². The van der Waals surface area contributed by atoms with Crippen LogP contribution in [0.25, 0.3) is 0 Å². The lowest BCUT2D eigenvalue weighted by molar-refractivity contribution is 0.0650. The number of hydrazine groups is 1. The fourth-order valence-corrected chi connectivity index (χ4v) is 2.47. The summed E-state index contributed by atoms with van der Waals surface area (Å²) in [7, 11) is 0. The average Bonchev–Trinajstić information content (AvgIpc) is 2.53. The van der Waals surface area contributed by atoms with E-state index >= 15 is 0 Å². The minimum Gasteiger partial charge on any atom is -0.396 e. The summed E-state index contributed by atoms with van der Waals surface area (Å²) in [5.41, 5.74) is 3.96. The summed E-state index contributed by atoms with van der Waals surface area (Å²) in [5.74, 6) is 6.24. The Kier molecular flexibility index (Phi) is 4.92. The molecule has 6 heteroatoms. The number of nitrogens with zero attached hydrogens (tertiary/aromatic N) is 2. The van der Waals surface area contributed by atoms with Crippen molar-refractivity contribution in [2.75, 3.05) is 25.1 Å². The average molecular weight is 278 g/mol. The van der Waals surface area contributed by atoms with Crippen molar-refractivity contribution in [1.82, 2.24) is 9.88 Å². The Hall–Kier alpha value is -1.66. The van der Waals surface area contributed by atoms with Crippen LogP contribution in [-0.2, 0) is 6.42 Å². The highest BCUT2D eigenvalue weighted by molar-refractivity contribution is 5.95. The Balaban J connectivity index is 2.12. The Bertz CT molecular complexity index is 448. The molecule has 1 aromatic heterocycles. The first-order valence-electron chi connectivity index (χ1n) is 7.05. The summed E-state index contributed by atoms with van der Waals surface area (Å²) in [6.07, 6.45) is 2.47. The molecule has 4 N–H and O–H groups in total. The fourth-order valence-electron chi connectivity index (χ4n) is 2.47. The quantitative estimate of drug-likeness (QED) is 0.559. The number of piperidine rings is 1. The molecule has 0 spiro atoms. The van der Waals surface area contributed by atoms with Gasteiger partial charge in [-0.05, 0) is 37.3 Å². The van der Waals surface area contributed by atoms with Crippen molar-refractivity contribution in [1.29, 1.82) is 0 Å². The molecule has 0 aromatic carbocycles.